The minimum absolute atomic E-state index is 0.109. The summed E-state index contributed by atoms with van der Waals surface area (Å²) in [6.07, 6.45) is 2.15. The number of carbonyl (C=O) groups is 1. The smallest absolute Gasteiger partial charge is 0.291 e. The van der Waals surface area contributed by atoms with E-state index in [2.05, 4.69) is 20.4 Å². The molecule has 106 valence electrons. The molecule has 1 amide bonds. The standard InChI is InChI=1S/C13H17N5O2/c1-8-6-9(2)18-13(15-8)16-11(17-18)12(19)14-7-10-4-3-5-20-10/h6,10H,3-5,7H2,1-2H3,(H,14,19). The van der Waals surface area contributed by atoms with Gasteiger partial charge in [0.2, 0.25) is 5.82 Å². The Hall–Kier alpha value is -2.02. The normalized spacial score (nSPS) is 18.6. The Bertz CT molecular complexity index is 645. The van der Waals surface area contributed by atoms with Crippen LogP contribution in [0.25, 0.3) is 5.78 Å². The lowest BCUT2D eigenvalue weighted by atomic mass is 10.2. The second-order valence-corrected chi connectivity index (χ2v) is 5.03. The van der Waals surface area contributed by atoms with E-state index in [0.717, 1.165) is 30.8 Å². The van der Waals surface area contributed by atoms with Gasteiger partial charge in [0, 0.05) is 24.5 Å². The number of carbonyl (C=O) groups excluding carboxylic acids is 1. The summed E-state index contributed by atoms with van der Waals surface area (Å²) in [5, 5.41) is 6.99. The highest BCUT2D eigenvalue weighted by atomic mass is 16.5. The molecule has 0 aliphatic carbocycles. The second-order valence-electron chi connectivity index (χ2n) is 5.03. The van der Waals surface area contributed by atoms with Crippen molar-refractivity contribution in [3.05, 3.63) is 23.3 Å². The number of aromatic nitrogens is 4. The lowest BCUT2D eigenvalue weighted by molar-refractivity contribution is 0.0849. The van der Waals surface area contributed by atoms with Crippen molar-refractivity contribution in [1.82, 2.24) is 24.9 Å². The van der Waals surface area contributed by atoms with Crippen molar-refractivity contribution in [2.45, 2.75) is 32.8 Å². The molecule has 2 aromatic rings. The summed E-state index contributed by atoms with van der Waals surface area (Å²) >= 11 is 0. The number of hydrogen-bond acceptors (Lipinski definition) is 5. The summed E-state index contributed by atoms with van der Waals surface area (Å²) < 4.78 is 7.04. The molecule has 1 aliphatic heterocycles. The summed E-state index contributed by atoms with van der Waals surface area (Å²) in [5.41, 5.74) is 1.76. The van der Waals surface area contributed by atoms with Crippen LogP contribution in [0.5, 0.6) is 0 Å². The zero-order chi connectivity index (χ0) is 14.1. The van der Waals surface area contributed by atoms with E-state index in [9.17, 15) is 4.79 Å². The van der Waals surface area contributed by atoms with E-state index in [4.69, 9.17) is 4.74 Å². The maximum Gasteiger partial charge on any atom is 0.291 e. The summed E-state index contributed by atoms with van der Waals surface area (Å²) in [4.78, 5) is 20.5. The number of fused-ring (bicyclic) bond motifs is 1. The Balaban J connectivity index is 1.75. The highest BCUT2D eigenvalue weighted by molar-refractivity contribution is 5.90. The van der Waals surface area contributed by atoms with Gasteiger partial charge >= 0.3 is 0 Å². The number of nitrogens with zero attached hydrogens (tertiary/aromatic N) is 4. The third-order valence-corrected chi connectivity index (χ3v) is 3.34. The van der Waals surface area contributed by atoms with E-state index in [1.807, 2.05) is 19.9 Å². The fraction of sp³-hybridized carbons (Fsp3) is 0.538. The van der Waals surface area contributed by atoms with Gasteiger partial charge in [0.15, 0.2) is 0 Å². The minimum Gasteiger partial charge on any atom is -0.376 e. The van der Waals surface area contributed by atoms with Gasteiger partial charge in [-0.25, -0.2) is 9.50 Å². The van der Waals surface area contributed by atoms with E-state index in [-0.39, 0.29) is 17.8 Å². The predicted octanol–water partition coefficient (Wildman–Crippen LogP) is 0.650. The van der Waals surface area contributed by atoms with E-state index in [1.165, 1.54) is 0 Å². The number of hydrogen-bond donors (Lipinski definition) is 1. The van der Waals surface area contributed by atoms with Gasteiger partial charge in [-0.05, 0) is 32.8 Å². The van der Waals surface area contributed by atoms with Gasteiger partial charge in [-0.3, -0.25) is 4.79 Å². The van der Waals surface area contributed by atoms with Gasteiger partial charge in [0.1, 0.15) is 0 Å². The van der Waals surface area contributed by atoms with Crippen LogP contribution in [0.4, 0.5) is 0 Å². The van der Waals surface area contributed by atoms with Crippen LogP contribution in [0, 0.1) is 13.8 Å². The topological polar surface area (TPSA) is 81.4 Å². The van der Waals surface area contributed by atoms with Gasteiger partial charge in [-0.2, -0.15) is 4.98 Å². The zero-order valence-corrected chi connectivity index (χ0v) is 11.6. The molecule has 20 heavy (non-hydrogen) atoms. The largest absolute Gasteiger partial charge is 0.376 e. The molecule has 3 rings (SSSR count). The first-order valence-electron chi connectivity index (χ1n) is 6.74. The van der Waals surface area contributed by atoms with Gasteiger partial charge in [-0.15, -0.1) is 5.10 Å². The Morgan fingerprint density at radius 1 is 1.50 bits per heavy atom. The molecular formula is C13H17N5O2. The van der Waals surface area contributed by atoms with Gasteiger partial charge < -0.3 is 10.1 Å². The van der Waals surface area contributed by atoms with Crippen molar-refractivity contribution in [3.8, 4) is 0 Å². The van der Waals surface area contributed by atoms with Crippen molar-refractivity contribution in [2.24, 2.45) is 0 Å². The SMILES string of the molecule is Cc1cc(C)n2nc(C(=O)NCC3CCCO3)nc2n1. The predicted molar refractivity (Wildman–Crippen MR) is 71.6 cm³/mol. The summed E-state index contributed by atoms with van der Waals surface area (Å²) in [6, 6.07) is 1.90. The Labute approximate surface area is 116 Å². The third kappa shape index (κ3) is 2.49. The van der Waals surface area contributed by atoms with Crippen LogP contribution in [-0.4, -0.2) is 44.7 Å². The Morgan fingerprint density at radius 3 is 3.10 bits per heavy atom. The summed E-state index contributed by atoms with van der Waals surface area (Å²) in [7, 11) is 0. The highest BCUT2D eigenvalue weighted by Gasteiger charge is 2.19. The Kier molecular flexibility index (Phi) is 3.35. The Morgan fingerprint density at radius 2 is 2.35 bits per heavy atom. The van der Waals surface area contributed by atoms with Gasteiger partial charge in [-0.1, -0.05) is 0 Å². The van der Waals surface area contributed by atoms with Crippen molar-refractivity contribution in [1.29, 1.82) is 0 Å². The second kappa shape index (κ2) is 5.16. The highest BCUT2D eigenvalue weighted by Crippen LogP contribution is 2.11. The van der Waals surface area contributed by atoms with Crippen LogP contribution in [0.2, 0.25) is 0 Å². The molecule has 1 saturated heterocycles. The molecule has 1 N–H and O–H groups in total. The molecular weight excluding hydrogens is 258 g/mol. The first-order valence-corrected chi connectivity index (χ1v) is 6.74. The van der Waals surface area contributed by atoms with E-state index in [1.54, 1.807) is 4.52 Å². The van der Waals surface area contributed by atoms with Crippen LogP contribution in [0.3, 0.4) is 0 Å². The molecule has 1 aliphatic rings. The monoisotopic (exact) mass is 275 g/mol. The number of amides is 1. The number of ether oxygens (including phenoxy) is 1. The minimum atomic E-state index is -0.289. The molecule has 1 fully saturated rings. The van der Waals surface area contributed by atoms with Crippen molar-refractivity contribution < 1.29 is 9.53 Å². The fourth-order valence-electron chi connectivity index (χ4n) is 2.35. The quantitative estimate of drug-likeness (QED) is 0.889. The molecule has 3 heterocycles. The lowest BCUT2D eigenvalue weighted by Gasteiger charge is -2.08. The van der Waals surface area contributed by atoms with E-state index >= 15 is 0 Å². The van der Waals surface area contributed by atoms with Crippen LogP contribution in [-0.2, 0) is 4.74 Å². The van der Waals surface area contributed by atoms with E-state index in [0.29, 0.717) is 12.3 Å². The molecule has 2 aromatic heterocycles. The lowest BCUT2D eigenvalue weighted by Crippen LogP contribution is -2.32. The molecule has 0 bridgehead atoms. The molecule has 1 atom stereocenters. The summed E-state index contributed by atoms with van der Waals surface area (Å²) in [5.74, 6) is 0.303. The van der Waals surface area contributed by atoms with Crippen molar-refractivity contribution >= 4 is 11.7 Å². The number of nitrogens with one attached hydrogen (secondary N) is 1. The van der Waals surface area contributed by atoms with Crippen molar-refractivity contribution in [2.75, 3.05) is 13.2 Å². The van der Waals surface area contributed by atoms with Crippen LogP contribution < -0.4 is 5.32 Å². The molecule has 1 unspecified atom stereocenters. The molecule has 7 heteroatoms. The molecule has 7 nitrogen and oxygen atoms in total. The first-order chi connectivity index (χ1) is 9.63. The maximum atomic E-state index is 12.0. The zero-order valence-electron chi connectivity index (χ0n) is 11.6. The average molecular weight is 275 g/mol. The molecule has 0 aromatic carbocycles. The number of rotatable bonds is 3. The maximum absolute atomic E-state index is 12.0. The third-order valence-electron chi connectivity index (χ3n) is 3.34. The molecule has 0 spiro atoms. The van der Waals surface area contributed by atoms with Crippen LogP contribution in [0.1, 0.15) is 34.8 Å². The summed E-state index contributed by atoms with van der Waals surface area (Å²) in [6.45, 7) is 5.07. The van der Waals surface area contributed by atoms with Crippen LogP contribution in [0.15, 0.2) is 6.07 Å². The fourth-order valence-corrected chi connectivity index (χ4v) is 2.35. The van der Waals surface area contributed by atoms with Gasteiger partial charge in [0.25, 0.3) is 11.7 Å². The van der Waals surface area contributed by atoms with E-state index < -0.39 is 0 Å². The number of aryl methyl sites for hydroxylation is 2. The molecule has 0 radical (unpaired) electrons. The van der Waals surface area contributed by atoms with Crippen LogP contribution >= 0.6 is 0 Å². The average Bonchev–Trinajstić information content (AvgIpc) is 3.04. The molecule has 0 saturated carbocycles. The van der Waals surface area contributed by atoms with Gasteiger partial charge in [0.05, 0.1) is 6.10 Å². The van der Waals surface area contributed by atoms with Crippen molar-refractivity contribution in [3.63, 3.8) is 0 Å². The first kappa shape index (κ1) is 13.0.